The number of ether oxygens (including phenoxy) is 1. The third-order valence-corrected chi connectivity index (χ3v) is 2.96. The first-order chi connectivity index (χ1) is 8.99. The SMILES string of the molecule is COc1c(C)cc(CCNC(=O)C(O)CN)cc1C. The number of rotatable bonds is 6. The molecule has 0 spiro atoms. The van der Waals surface area contributed by atoms with Gasteiger partial charge in [0.15, 0.2) is 0 Å². The number of hydrogen-bond donors (Lipinski definition) is 3. The van der Waals surface area contributed by atoms with E-state index in [2.05, 4.69) is 5.32 Å². The molecule has 1 aromatic carbocycles. The lowest BCUT2D eigenvalue weighted by atomic mass is 10.0. The maximum Gasteiger partial charge on any atom is 0.250 e. The molecule has 1 aromatic rings. The highest BCUT2D eigenvalue weighted by molar-refractivity contribution is 5.80. The van der Waals surface area contributed by atoms with Crippen molar-refractivity contribution in [1.29, 1.82) is 0 Å². The van der Waals surface area contributed by atoms with Crippen molar-refractivity contribution >= 4 is 5.91 Å². The monoisotopic (exact) mass is 266 g/mol. The molecule has 0 saturated carbocycles. The molecule has 1 rings (SSSR count). The lowest BCUT2D eigenvalue weighted by Gasteiger charge is -2.12. The Kier molecular flexibility index (Phi) is 5.79. The van der Waals surface area contributed by atoms with Crippen LogP contribution in [0.5, 0.6) is 5.75 Å². The summed E-state index contributed by atoms with van der Waals surface area (Å²) < 4.78 is 5.30. The molecule has 0 fully saturated rings. The Morgan fingerprint density at radius 2 is 2.00 bits per heavy atom. The number of nitrogens with one attached hydrogen (secondary N) is 1. The van der Waals surface area contributed by atoms with Gasteiger partial charge in [0.25, 0.3) is 0 Å². The molecule has 0 heterocycles. The first kappa shape index (κ1) is 15.5. The maximum atomic E-state index is 11.3. The lowest BCUT2D eigenvalue weighted by Crippen LogP contribution is -2.39. The van der Waals surface area contributed by atoms with Crippen LogP contribution in [0.25, 0.3) is 0 Å². The van der Waals surface area contributed by atoms with Gasteiger partial charge in [-0.2, -0.15) is 0 Å². The van der Waals surface area contributed by atoms with Crippen molar-refractivity contribution in [3.8, 4) is 5.75 Å². The number of carbonyl (C=O) groups excluding carboxylic acids is 1. The molecular weight excluding hydrogens is 244 g/mol. The Bertz CT molecular complexity index is 423. The topological polar surface area (TPSA) is 84.6 Å². The van der Waals surface area contributed by atoms with E-state index in [1.54, 1.807) is 7.11 Å². The molecule has 0 aliphatic heterocycles. The largest absolute Gasteiger partial charge is 0.496 e. The molecule has 1 amide bonds. The zero-order chi connectivity index (χ0) is 14.4. The number of aliphatic hydroxyl groups is 1. The van der Waals surface area contributed by atoms with E-state index in [9.17, 15) is 9.90 Å². The highest BCUT2D eigenvalue weighted by Crippen LogP contribution is 2.24. The second-order valence-electron chi connectivity index (χ2n) is 4.56. The summed E-state index contributed by atoms with van der Waals surface area (Å²) in [5.74, 6) is 0.468. The normalized spacial score (nSPS) is 12.1. The van der Waals surface area contributed by atoms with E-state index in [4.69, 9.17) is 10.5 Å². The van der Waals surface area contributed by atoms with Gasteiger partial charge in [-0.05, 0) is 37.0 Å². The number of aryl methyl sites for hydroxylation is 2. The van der Waals surface area contributed by atoms with Crippen molar-refractivity contribution in [3.63, 3.8) is 0 Å². The molecule has 19 heavy (non-hydrogen) atoms. The highest BCUT2D eigenvalue weighted by atomic mass is 16.5. The molecular formula is C14H22N2O3. The van der Waals surface area contributed by atoms with Crippen molar-refractivity contribution in [1.82, 2.24) is 5.32 Å². The Morgan fingerprint density at radius 1 is 1.42 bits per heavy atom. The van der Waals surface area contributed by atoms with Gasteiger partial charge in [-0.1, -0.05) is 12.1 Å². The van der Waals surface area contributed by atoms with Crippen LogP contribution in [0.4, 0.5) is 0 Å². The first-order valence-electron chi connectivity index (χ1n) is 6.29. The third-order valence-electron chi connectivity index (χ3n) is 2.96. The van der Waals surface area contributed by atoms with E-state index < -0.39 is 12.0 Å². The van der Waals surface area contributed by atoms with Crippen LogP contribution in [0.2, 0.25) is 0 Å². The van der Waals surface area contributed by atoms with E-state index in [1.165, 1.54) is 0 Å². The van der Waals surface area contributed by atoms with Gasteiger partial charge in [0.1, 0.15) is 11.9 Å². The van der Waals surface area contributed by atoms with Crippen LogP contribution in [0.3, 0.4) is 0 Å². The van der Waals surface area contributed by atoms with Crippen molar-refractivity contribution in [2.45, 2.75) is 26.4 Å². The number of nitrogens with two attached hydrogens (primary N) is 1. The number of aliphatic hydroxyl groups excluding tert-OH is 1. The van der Waals surface area contributed by atoms with Crippen molar-refractivity contribution in [2.75, 3.05) is 20.2 Å². The molecule has 0 aliphatic rings. The number of amides is 1. The summed E-state index contributed by atoms with van der Waals surface area (Å²) in [4.78, 5) is 11.3. The predicted octanol–water partition coefficient (Wildman–Crippen LogP) is 0.290. The minimum Gasteiger partial charge on any atom is -0.496 e. The fourth-order valence-corrected chi connectivity index (χ4v) is 2.06. The van der Waals surface area contributed by atoms with Gasteiger partial charge in [-0.25, -0.2) is 0 Å². The zero-order valence-electron chi connectivity index (χ0n) is 11.7. The molecule has 1 atom stereocenters. The fourth-order valence-electron chi connectivity index (χ4n) is 2.06. The van der Waals surface area contributed by atoms with Crippen molar-refractivity contribution < 1.29 is 14.6 Å². The minimum absolute atomic E-state index is 0.0629. The van der Waals surface area contributed by atoms with E-state index in [1.807, 2.05) is 26.0 Å². The third kappa shape index (κ3) is 4.22. The van der Waals surface area contributed by atoms with E-state index in [-0.39, 0.29) is 6.54 Å². The average Bonchev–Trinajstić information content (AvgIpc) is 2.37. The second kappa shape index (κ2) is 7.11. The summed E-state index contributed by atoms with van der Waals surface area (Å²) in [6, 6.07) is 4.08. The van der Waals surface area contributed by atoms with E-state index >= 15 is 0 Å². The van der Waals surface area contributed by atoms with Gasteiger partial charge < -0.3 is 20.9 Å². The predicted molar refractivity (Wildman–Crippen MR) is 74.2 cm³/mol. The molecule has 0 bridgehead atoms. The minimum atomic E-state index is -1.13. The van der Waals surface area contributed by atoms with Gasteiger partial charge in [0.2, 0.25) is 5.91 Å². The Hall–Kier alpha value is -1.59. The maximum absolute atomic E-state index is 11.3. The molecule has 0 radical (unpaired) electrons. The van der Waals surface area contributed by atoms with Crippen LogP contribution in [0, 0.1) is 13.8 Å². The second-order valence-corrected chi connectivity index (χ2v) is 4.56. The van der Waals surface area contributed by atoms with Crippen LogP contribution in [0.1, 0.15) is 16.7 Å². The van der Waals surface area contributed by atoms with Crippen LogP contribution < -0.4 is 15.8 Å². The van der Waals surface area contributed by atoms with Crippen LogP contribution in [0.15, 0.2) is 12.1 Å². The lowest BCUT2D eigenvalue weighted by molar-refractivity contribution is -0.128. The van der Waals surface area contributed by atoms with Crippen LogP contribution >= 0.6 is 0 Å². The number of benzene rings is 1. The molecule has 1 unspecified atom stereocenters. The smallest absolute Gasteiger partial charge is 0.250 e. The molecule has 0 saturated heterocycles. The summed E-state index contributed by atoms with van der Waals surface area (Å²) in [5, 5.41) is 11.9. The molecule has 106 valence electrons. The Morgan fingerprint density at radius 3 is 2.47 bits per heavy atom. The number of methoxy groups -OCH3 is 1. The molecule has 0 aromatic heterocycles. The van der Waals surface area contributed by atoms with Gasteiger partial charge >= 0.3 is 0 Å². The molecule has 0 aliphatic carbocycles. The Labute approximate surface area is 113 Å². The molecule has 4 N–H and O–H groups in total. The van der Waals surface area contributed by atoms with Crippen LogP contribution in [-0.2, 0) is 11.2 Å². The molecule has 5 nitrogen and oxygen atoms in total. The summed E-state index contributed by atoms with van der Waals surface area (Å²) in [6.07, 6.45) is -0.423. The highest BCUT2D eigenvalue weighted by Gasteiger charge is 2.11. The number of hydrogen-bond acceptors (Lipinski definition) is 4. The van der Waals surface area contributed by atoms with Gasteiger partial charge in [-0.3, -0.25) is 4.79 Å². The fraction of sp³-hybridized carbons (Fsp3) is 0.500. The van der Waals surface area contributed by atoms with Gasteiger partial charge in [0.05, 0.1) is 7.11 Å². The standard InChI is InChI=1S/C14H22N2O3/c1-9-6-11(7-10(2)13(9)19-3)4-5-16-14(18)12(17)8-15/h6-7,12,17H,4-5,8,15H2,1-3H3,(H,16,18). The van der Waals surface area contributed by atoms with E-state index in [0.717, 1.165) is 22.4 Å². The first-order valence-corrected chi connectivity index (χ1v) is 6.29. The zero-order valence-corrected chi connectivity index (χ0v) is 11.7. The Balaban J connectivity index is 2.57. The average molecular weight is 266 g/mol. The van der Waals surface area contributed by atoms with Crippen LogP contribution in [-0.4, -0.2) is 37.3 Å². The van der Waals surface area contributed by atoms with Crippen molar-refractivity contribution in [2.24, 2.45) is 5.73 Å². The quantitative estimate of drug-likeness (QED) is 0.691. The summed E-state index contributed by atoms with van der Waals surface area (Å²) >= 11 is 0. The summed E-state index contributed by atoms with van der Waals surface area (Å²) in [5.41, 5.74) is 8.48. The summed E-state index contributed by atoms with van der Waals surface area (Å²) in [6.45, 7) is 4.39. The van der Waals surface area contributed by atoms with Crippen molar-refractivity contribution in [3.05, 3.63) is 28.8 Å². The van der Waals surface area contributed by atoms with Gasteiger partial charge in [0, 0.05) is 13.1 Å². The van der Waals surface area contributed by atoms with Gasteiger partial charge in [-0.15, -0.1) is 0 Å². The van der Waals surface area contributed by atoms with E-state index in [0.29, 0.717) is 13.0 Å². The number of carbonyl (C=O) groups is 1. The molecule has 5 heteroatoms. The summed E-state index contributed by atoms with van der Waals surface area (Å²) in [7, 11) is 1.66.